The van der Waals surface area contributed by atoms with E-state index in [0.29, 0.717) is 24.1 Å². The van der Waals surface area contributed by atoms with Crippen molar-refractivity contribution in [3.63, 3.8) is 0 Å². The van der Waals surface area contributed by atoms with Crippen molar-refractivity contribution in [3.8, 4) is 5.75 Å². The van der Waals surface area contributed by atoms with Gasteiger partial charge in [-0.2, -0.15) is 0 Å². The number of benzene rings is 2. The molecule has 1 unspecified atom stereocenters. The number of rotatable bonds is 12. The van der Waals surface area contributed by atoms with E-state index >= 15 is 0 Å². The summed E-state index contributed by atoms with van der Waals surface area (Å²) in [6.07, 6.45) is 0.00387. The molecule has 0 saturated carbocycles. The zero-order chi connectivity index (χ0) is 27.4. The first-order valence-electron chi connectivity index (χ1n) is 11.6. The largest absolute Gasteiger partial charge is 0.514 e. The van der Waals surface area contributed by atoms with Crippen molar-refractivity contribution in [2.45, 2.75) is 46.3 Å². The second kappa shape index (κ2) is 14.2. The molecule has 3 N–H and O–H groups in total. The Morgan fingerprint density at radius 3 is 2.19 bits per heavy atom. The predicted octanol–water partition coefficient (Wildman–Crippen LogP) is 3.31. The van der Waals surface area contributed by atoms with Crippen molar-refractivity contribution in [3.05, 3.63) is 64.2 Å². The number of amides is 3. The molecule has 2 aromatic carbocycles. The molecule has 0 saturated heterocycles. The molecule has 0 fully saturated rings. The predicted molar refractivity (Wildman–Crippen MR) is 134 cm³/mol. The van der Waals surface area contributed by atoms with Crippen LogP contribution in [0.1, 0.15) is 39.2 Å². The van der Waals surface area contributed by atoms with Crippen LogP contribution in [0.2, 0.25) is 0 Å². The van der Waals surface area contributed by atoms with Crippen LogP contribution in [0.3, 0.4) is 0 Å². The standard InChI is InChI=1S/C25H30N4O8/c1-4-5-21(30)28-23(16(2)3)24(32)26-14-22(31)27-18-8-6-17(7-9-18)15-36-25(33)37-20-12-10-19(11-13-20)29(34)35/h6-13,16,23H,4-5,14-15H2,1-3H3,(H,26,32)(H,27,31)(H,28,30). The maximum atomic E-state index is 12.4. The highest BCUT2D eigenvalue weighted by molar-refractivity contribution is 5.96. The lowest BCUT2D eigenvalue weighted by atomic mass is 10.0. The van der Waals surface area contributed by atoms with Gasteiger partial charge in [0.15, 0.2) is 0 Å². The van der Waals surface area contributed by atoms with Gasteiger partial charge in [-0.05, 0) is 42.2 Å². The number of nitro groups is 1. The molecule has 3 amide bonds. The average molecular weight is 515 g/mol. The highest BCUT2D eigenvalue weighted by atomic mass is 16.7. The number of nitrogens with one attached hydrogen (secondary N) is 3. The first kappa shape index (κ1) is 28.8. The highest BCUT2D eigenvalue weighted by Crippen LogP contribution is 2.18. The Labute approximate surface area is 213 Å². The van der Waals surface area contributed by atoms with Crippen LogP contribution in [0.15, 0.2) is 48.5 Å². The maximum Gasteiger partial charge on any atom is 0.514 e. The minimum absolute atomic E-state index is 0.101. The molecule has 198 valence electrons. The molecule has 0 spiro atoms. The minimum Gasteiger partial charge on any atom is -0.429 e. The average Bonchev–Trinajstić information content (AvgIpc) is 2.85. The molecule has 0 bridgehead atoms. The summed E-state index contributed by atoms with van der Waals surface area (Å²) < 4.78 is 9.98. The lowest BCUT2D eigenvalue weighted by molar-refractivity contribution is -0.384. The van der Waals surface area contributed by atoms with Crippen LogP contribution in [0, 0.1) is 16.0 Å². The topological polar surface area (TPSA) is 166 Å². The number of ether oxygens (including phenoxy) is 2. The zero-order valence-corrected chi connectivity index (χ0v) is 20.8. The summed E-state index contributed by atoms with van der Waals surface area (Å²) in [6, 6.07) is 10.7. The van der Waals surface area contributed by atoms with E-state index in [4.69, 9.17) is 9.47 Å². The molecule has 0 aliphatic heterocycles. The van der Waals surface area contributed by atoms with Gasteiger partial charge in [-0.15, -0.1) is 0 Å². The number of non-ortho nitro benzene ring substituents is 1. The Hall–Kier alpha value is -4.48. The smallest absolute Gasteiger partial charge is 0.429 e. The number of nitrogens with zero attached hydrogens (tertiary/aromatic N) is 1. The van der Waals surface area contributed by atoms with Crippen LogP contribution in [-0.4, -0.2) is 41.4 Å². The lowest BCUT2D eigenvalue weighted by Gasteiger charge is -2.21. The van der Waals surface area contributed by atoms with E-state index in [1.54, 1.807) is 38.1 Å². The second-order valence-corrected chi connectivity index (χ2v) is 8.39. The first-order valence-corrected chi connectivity index (χ1v) is 11.6. The van der Waals surface area contributed by atoms with Crippen molar-refractivity contribution < 1.29 is 33.6 Å². The molecular formula is C25H30N4O8. The summed E-state index contributed by atoms with van der Waals surface area (Å²) in [5, 5.41) is 18.5. The Balaban J connectivity index is 1.77. The Morgan fingerprint density at radius 2 is 1.62 bits per heavy atom. The van der Waals surface area contributed by atoms with Crippen LogP contribution in [0.25, 0.3) is 0 Å². The van der Waals surface area contributed by atoms with Gasteiger partial charge in [0.25, 0.3) is 5.69 Å². The molecule has 0 aliphatic rings. The summed E-state index contributed by atoms with van der Waals surface area (Å²) in [7, 11) is 0. The van der Waals surface area contributed by atoms with E-state index in [1.807, 2.05) is 6.92 Å². The van der Waals surface area contributed by atoms with Crippen LogP contribution in [0.5, 0.6) is 5.75 Å². The molecule has 37 heavy (non-hydrogen) atoms. The van der Waals surface area contributed by atoms with Gasteiger partial charge >= 0.3 is 6.16 Å². The summed E-state index contributed by atoms with van der Waals surface area (Å²) in [4.78, 5) is 58.4. The highest BCUT2D eigenvalue weighted by Gasteiger charge is 2.24. The summed E-state index contributed by atoms with van der Waals surface area (Å²) >= 11 is 0. The monoisotopic (exact) mass is 514 g/mol. The van der Waals surface area contributed by atoms with E-state index in [-0.39, 0.29) is 36.4 Å². The van der Waals surface area contributed by atoms with Crippen LogP contribution < -0.4 is 20.7 Å². The molecule has 12 nitrogen and oxygen atoms in total. The summed E-state index contributed by atoms with van der Waals surface area (Å²) in [6.45, 7) is 5.10. The third kappa shape index (κ3) is 9.96. The van der Waals surface area contributed by atoms with Gasteiger partial charge in [0, 0.05) is 24.2 Å². The summed E-state index contributed by atoms with van der Waals surface area (Å²) in [5.41, 5.74) is 0.952. The molecule has 2 rings (SSSR count). The van der Waals surface area contributed by atoms with Gasteiger partial charge in [-0.25, -0.2) is 4.79 Å². The van der Waals surface area contributed by atoms with Crippen molar-refractivity contribution in [2.75, 3.05) is 11.9 Å². The van der Waals surface area contributed by atoms with Gasteiger partial charge in [-0.3, -0.25) is 24.5 Å². The number of hydrogen-bond donors (Lipinski definition) is 3. The fourth-order valence-electron chi connectivity index (χ4n) is 3.08. The number of carbonyl (C=O) groups excluding carboxylic acids is 4. The van der Waals surface area contributed by atoms with Gasteiger partial charge in [0.2, 0.25) is 17.7 Å². The molecule has 0 aromatic heterocycles. The molecule has 0 heterocycles. The van der Waals surface area contributed by atoms with Crippen LogP contribution >= 0.6 is 0 Å². The third-order valence-electron chi connectivity index (χ3n) is 5.01. The normalized spacial score (nSPS) is 11.2. The molecule has 2 aromatic rings. The van der Waals surface area contributed by atoms with Crippen LogP contribution in [0.4, 0.5) is 16.2 Å². The second-order valence-electron chi connectivity index (χ2n) is 8.39. The maximum absolute atomic E-state index is 12.4. The fraction of sp³-hybridized carbons (Fsp3) is 0.360. The van der Waals surface area contributed by atoms with Gasteiger partial charge in [0.05, 0.1) is 11.5 Å². The van der Waals surface area contributed by atoms with Crippen molar-refractivity contribution in [2.24, 2.45) is 5.92 Å². The Kier molecular flexibility index (Phi) is 11.0. The van der Waals surface area contributed by atoms with E-state index in [9.17, 15) is 29.3 Å². The van der Waals surface area contributed by atoms with E-state index < -0.39 is 28.9 Å². The Bertz CT molecular complexity index is 1100. The number of nitro benzene ring substituents is 1. The number of carbonyl (C=O) groups is 4. The van der Waals surface area contributed by atoms with Gasteiger partial charge in [-0.1, -0.05) is 32.9 Å². The SMILES string of the molecule is CCCC(=O)NC(C(=O)NCC(=O)Nc1ccc(COC(=O)Oc2ccc([N+](=O)[O-])cc2)cc1)C(C)C. The molecule has 0 radical (unpaired) electrons. The lowest BCUT2D eigenvalue weighted by Crippen LogP contribution is -2.50. The van der Waals surface area contributed by atoms with E-state index in [2.05, 4.69) is 16.0 Å². The summed E-state index contributed by atoms with van der Waals surface area (Å²) in [5.74, 6) is -1.16. The van der Waals surface area contributed by atoms with Gasteiger partial charge in [0.1, 0.15) is 18.4 Å². The molecular weight excluding hydrogens is 484 g/mol. The molecule has 0 aliphatic carbocycles. The minimum atomic E-state index is -0.979. The first-order chi connectivity index (χ1) is 17.6. The Morgan fingerprint density at radius 1 is 0.973 bits per heavy atom. The molecule has 1 atom stereocenters. The van der Waals surface area contributed by atoms with Crippen molar-refractivity contribution in [1.29, 1.82) is 0 Å². The number of anilines is 1. The number of hydrogen-bond acceptors (Lipinski definition) is 8. The van der Waals surface area contributed by atoms with Crippen molar-refractivity contribution >= 4 is 35.3 Å². The van der Waals surface area contributed by atoms with Gasteiger partial charge < -0.3 is 25.4 Å². The van der Waals surface area contributed by atoms with Crippen molar-refractivity contribution in [1.82, 2.24) is 10.6 Å². The fourth-order valence-corrected chi connectivity index (χ4v) is 3.08. The quantitative estimate of drug-likeness (QED) is 0.168. The molecule has 12 heteroatoms. The van der Waals surface area contributed by atoms with Crippen LogP contribution in [-0.2, 0) is 25.7 Å². The van der Waals surface area contributed by atoms with E-state index in [1.165, 1.54) is 24.3 Å². The zero-order valence-electron chi connectivity index (χ0n) is 20.8. The third-order valence-corrected chi connectivity index (χ3v) is 5.01. The van der Waals surface area contributed by atoms with E-state index in [0.717, 1.165) is 0 Å².